The van der Waals surface area contributed by atoms with Crippen molar-refractivity contribution in [3.63, 3.8) is 0 Å². The zero-order chi connectivity index (χ0) is 15.3. The maximum Gasteiger partial charge on any atom is 0.149 e. The van der Waals surface area contributed by atoms with Gasteiger partial charge in [-0.15, -0.1) is 0 Å². The van der Waals surface area contributed by atoms with Gasteiger partial charge in [0, 0.05) is 23.6 Å². The van der Waals surface area contributed by atoms with Gasteiger partial charge in [0.15, 0.2) is 0 Å². The van der Waals surface area contributed by atoms with Gasteiger partial charge in [0.25, 0.3) is 0 Å². The number of nitrogens with one attached hydrogen (secondary N) is 1. The molecule has 0 saturated carbocycles. The van der Waals surface area contributed by atoms with Crippen LogP contribution in [0.25, 0.3) is 0 Å². The summed E-state index contributed by atoms with van der Waals surface area (Å²) in [7, 11) is -2.96. The fraction of sp³-hybridized carbons (Fsp3) is 0.786. The largest absolute Gasteiger partial charge is 0.310 e. The highest BCUT2D eigenvalue weighted by Crippen LogP contribution is 2.24. The third-order valence-corrected chi connectivity index (χ3v) is 4.43. The molecular weight excluding hydrogens is 274 g/mol. The van der Waals surface area contributed by atoms with Crippen LogP contribution in [0.1, 0.15) is 49.7 Å². The van der Waals surface area contributed by atoms with E-state index in [2.05, 4.69) is 24.3 Å². The van der Waals surface area contributed by atoms with E-state index in [0.29, 0.717) is 12.6 Å². The molecule has 1 N–H and O–H groups in total. The molecule has 1 aromatic rings. The lowest BCUT2D eigenvalue weighted by atomic mass is 10.0. The molecule has 1 unspecified atom stereocenters. The molecule has 20 heavy (non-hydrogen) atoms. The molecule has 0 aliphatic heterocycles. The van der Waals surface area contributed by atoms with Gasteiger partial charge in [-0.05, 0) is 33.2 Å². The van der Waals surface area contributed by atoms with Crippen molar-refractivity contribution in [2.45, 2.75) is 53.1 Å². The highest BCUT2D eigenvalue weighted by Gasteiger charge is 2.19. The summed E-state index contributed by atoms with van der Waals surface area (Å²) in [6.07, 6.45) is 3.35. The van der Waals surface area contributed by atoms with Gasteiger partial charge in [-0.2, -0.15) is 5.10 Å². The van der Waals surface area contributed by atoms with E-state index in [1.807, 2.05) is 18.5 Å². The van der Waals surface area contributed by atoms with Crippen molar-refractivity contribution in [1.29, 1.82) is 0 Å². The quantitative estimate of drug-likeness (QED) is 0.797. The minimum atomic E-state index is -2.96. The molecule has 0 aliphatic rings. The minimum Gasteiger partial charge on any atom is -0.310 e. The summed E-state index contributed by atoms with van der Waals surface area (Å²) >= 11 is 0. The molecule has 1 atom stereocenters. The molecule has 0 aromatic carbocycles. The molecule has 0 radical (unpaired) electrons. The van der Waals surface area contributed by atoms with E-state index in [1.54, 1.807) is 0 Å². The lowest BCUT2D eigenvalue weighted by Crippen LogP contribution is -2.22. The molecule has 0 amide bonds. The fourth-order valence-electron chi connectivity index (χ4n) is 2.45. The van der Waals surface area contributed by atoms with Crippen LogP contribution in [0.15, 0.2) is 0 Å². The standard InChI is InChI=1S/C14H27N3O2S/c1-6-8-15-13(7-2)14-11(3)16-17(12(14)4)9-10-20(5,18)19/h13,15H,6-10H2,1-5H3. The Labute approximate surface area is 122 Å². The molecule has 1 aromatic heterocycles. The predicted molar refractivity (Wildman–Crippen MR) is 82.7 cm³/mol. The number of hydrogen-bond donors (Lipinski definition) is 1. The SMILES string of the molecule is CCCNC(CC)c1c(C)nn(CCS(C)(=O)=O)c1C. The number of aryl methyl sites for hydroxylation is 2. The molecule has 0 fully saturated rings. The van der Waals surface area contributed by atoms with Gasteiger partial charge < -0.3 is 5.32 Å². The Morgan fingerprint density at radius 2 is 1.95 bits per heavy atom. The van der Waals surface area contributed by atoms with Crippen molar-refractivity contribution in [3.8, 4) is 0 Å². The first-order chi connectivity index (χ1) is 9.30. The summed E-state index contributed by atoms with van der Waals surface area (Å²) in [6, 6.07) is 0.293. The van der Waals surface area contributed by atoms with E-state index in [4.69, 9.17) is 0 Å². The zero-order valence-corrected chi connectivity index (χ0v) is 14.0. The zero-order valence-electron chi connectivity index (χ0n) is 13.2. The fourth-order valence-corrected chi connectivity index (χ4v) is 2.96. The van der Waals surface area contributed by atoms with E-state index in [1.165, 1.54) is 11.8 Å². The molecule has 0 bridgehead atoms. The van der Waals surface area contributed by atoms with Crippen LogP contribution in [0.3, 0.4) is 0 Å². The second-order valence-electron chi connectivity index (χ2n) is 5.35. The van der Waals surface area contributed by atoms with E-state index in [0.717, 1.165) is 30.8 Å². The van der Waals surface area contributed by atoms with E-state index < -0.39 is 9.84 Å². The molecule has 0 saturated heterocycles. The first-order valence-corrected chi connectivity index (χ1v) is 9.31. The Balaban J connectivity index is 2.95. The van der Waals surface area contributed by atoms with Gasteiger partial charge in [0.2, 0.25) is 0 Å². The summed E-state index contributed by atoms with van der Waals surface area (Å²) < 4.78 is 24.4. The molecule has 0 spiro atoms. The lowest BCUT2D eigenvalue weighted by molar-refractivity contribution is 0.512. The van der Waals surface area contributed by atoms with Crippen LogP contribution in [0.2, 0.25) is 0 Å². The van der Waals surface area contributed by atoms with Gasteiger partial charge in [-0.1, -0.05) is 13.8 Å². The van der Waals surface area contributed by atoms with Crippen LogP contribution < -0.4 is 5.32 Å². The summed E-state index contributed by atoms with van der Waals surface area (Å²) in [4.78, 5) is 0. The van der Waals surface area contributed by atoms with Crippen LogP contribution >= 0.6 is 0 Å². The normalized spacial score (nSPS) is 13.7. The lowest BCUT2D eigenvalue weighted by Gasteiger charge is -2.17. The third kappa shape index (κ3) is 4.59. The second-order valence-corrected chi connectivity index (χ2v) is 7.61. The van der Waals surface area contributed by atoms with Crippen LogP contribution in [0.5, 0.6) is 0 Å². The maximum atomic E-state index is 11.3. The summed E-state index contributed by atoms with van der Waals surface area (Å²) in [6.45, 7) is 9.72. The van der Waals surface area contributed by atoms with Crippen LogP contribution in [0.4, 0.5) is 0 Å². The smallest absolute Gasteiger partial charge is 0.149 e. The monoisotopic (exact) mass is 301 g/mol. The van der Waals surface area contributed by atoms with Gasteiger partial charge in [-0.3, -0.25) is 4.68 Å². The number of sulfone groups is 1. The van der Waals surface area contributed by atoms with Crippen molar-refractivity contribution in [3.05, 3.63) is 17.0 Å². The van der Waals surface area contributed by atoms with Crippen molar-refractivity contribution in [1.82, 2.24) is 15.1 Å². The van der Waals surface area contributed by atoms with Gasteiger partial charge >= 0.3 is 0 Å². The molecule has 1 heterocycles. The first kappa shape index (κ1) is 17.2. The molecule has 5 nitrogen and oxygen atoms in total. The highest BCUT2D eigenvalue weighted by molar-refractivity contribution is 7.90. The Kier molecular flexibility index (Phi) is 6.20. The summed E-state index contributed by atoms with van der Waals surface area (Å²) in [5, 5.41) is 8.03. The van der Waals surface area contributed by atoms with E-state index >= 15 is 0 Å². The van der Waals surface area contributed by atoms with E-state index in [9.17, 15) is 8.42 Å². The van der Waals surface area contributed by atoms with Gasteiger partial charge in [-0.25, -0.2) is 8.42 Å². The molecule has 1 rings (SSSR count). The second kappa shape index (κ2) is 7.22. The molecular formula is C14H27N3O2S. The van der Waals surface area contributed by atoms with Crippen molar-refractivity contribution in [2.24, 2.45) is 0 Å². The third-order valence-electron chi connectivity index (χ3n) is 3.51. The minimum absolute atomic E-state index is 0.133. The summed E-state index contributed by atoms with van der Waals surface area (Å²) in [5.41, 5.74) is 3.28. The van der Waals surface area contributed by atoms with Crippen molar-refractivity contribution < 1.29 is 8.42 Å². The van der Waals surface area contributed by atoms with Gasteiger partial charge in [0.05, 0.1) is 18.0 Å². The predicted octanol–water partition coefficient (Wildman–Crippen LogP) is 2.00. The summed E-state index contributed by atoms with van der Waals surface area (Å²) in [5.74, 6) is 0.133. The Morgan fingerprint density at radius 3 is 2.45 bits per heavy atom. The highest BCUT2D eigenvalue weighted by atomic mass is 32.2. The average Bonchev–Trinajstić information content (AvgIpc) is 2.64. The Morgan fingerprint density at radius 1 is 1.30 bits per heavy atom. The Bertz CT molecular complexity index is 535. The number of aromatic nitrogens is 2. The number of rotatable bonds is 8. The van der Waals surface area contributed by atoms with Crippen LogP contribution in [0, 0.1) is 13.8 Å². The van der Waals surface area contributed by atoms with E-state index in [-0.39, 0.29) is 5.75 Å². The van der Waals surface area contributed by atoms with Crippen LogP contribution in [-0.2, 0) is 16.4 Å². The maximum absolute atomic E-state index is 11.3. The average molecular weight is 301 g/mol. The van der Waals surface area contributed by atoms with Crippen LogP contribution in [-0.4, -0.2) is 36.8 Å². The first-order valence-electron chi connectivity index (χ1n) is 7.25. The number of nitrogens with zero attached hydrogens (tertiary/aromatic N) is 2. The topological polar surface area (TPSA) is 64.0 Å². The number of hydrogen-bond acceptors (Lipinski definition) is 4. The van der Waals surface area contributed by atoms with Gasteiger partial charge in [0.1, 0.15) is 9.84 Å². The van der Waals surface area contributed by atoms with Crippen molar-refractivity contribution in [2.75, 3.05) is 18.6 Å². The molecule has 116 valence electrons. The molecule has 6 heteroatoms. The Hall–Kier alpha value is -0.880. The van der Waals surface area contributed by atoms with Crippen molar-refractivity contribution >= 4 is 9.84 Å². The molecule has 0 aliphatic carbocycles.